The van der Waals surface area contributed by atoms with E-state index >= 15 is 0 Å². The Morgan fingerprint density at radius 3 is 1.97 bits per heavy atom. The van der Waals surface area contributed by atoms with Gasteiger partial charge in [-0.2, -0.15) is 0 Å². The predicted molar refractivity (Wildman–Crippen MR) is 139 cm³/mol. The maximum absolute atomic E-state index is 13.0. The molecular formula is C29H28O8. The molecule has 1 aromatic heterocycles. The first kappa shape index (κ1) is 25.6. The normalized spacial score (nSPS) is 11.2. The van der Waals surface area contributed by atoms with Crippen molar-refractivity contribution in [1.82, 2.24) is 0 Å². The summed E-state index contributed by atoms with van der Waals surface area (Å²) in [6, 6.07) is 15.0. The van der Waals surface area contributed by atoms with E-state index in [1.165, 1.54) is 57.9 Å². The third-order valence-corrected chi connectivity index (χ3v) is 5.77. The second kappa shape index (κ2) is 10.3. The van der Waals surface area contributed by atoms with E-state index in [0.717, 1.165) is 5.56 Å². The molecule has 0 saturated carbocycles. The van der Waals surface area contributed by atoms with E-state index in [1.54, 1.807) is 0 Å². The molecule has 0 saturated heterocycles. The molecule has 0 aliphatic carbocycles. The maximum Gasteiger partial charge on any atom is 0.343 e. The summed E-state index contributed by atoms with van der Waals surface area (Å²) in [6.07, 6.45) is 1.24. The molecule has 1 heterocycles. The molecule has 0 fully saturated rings. The quantitative estimate of drug-likeness (QED) is 0.219. The first-order valence-corrected chi connectivity index (χ1v) is 11.5. The molecule has 4 rings (SSSR count). The van der Waals surface area contributed by atoms with Gasteiger partial charge in [-0.05, 0) is 47.4 Å². The summed E-state index contributed by atoms with van der Waals surface area (Å²) in [6.45, 7) is 6.37. The summed E-state index contributed by atoms with van der Waals surface area (Å²) in [4.78, 5) is 25.8. The van der Waals surface area contributed by atoms with Gasteiger partial charge in [0.1, 0.15) is 23.3 Å². The average molecular weight is 505 g/mol. The molecule has 3 aromatic carbocycles. The van der Waals surface area contributed by atoms with Gasteiger partial charge in [-0.3, -0.25) is 4.79 Å². The predicted octanol–water partition coefficient (Wildman–Crippen LogP) is 6.13. The Kier molecular flexibility index (Phi) is 7.11. The first-order valence-electron chi connectivity index (χ1n) is 11.5. The van der Waals surface area contributed by atoms with Gasteiger partial charge in [-0.15, -0.1) is 0 Å². The highest BCUT2D eigenvalue weighted by molar-refractivity contribution is 5.93. The van der Waals surface area contributed by atoms with Crippen LogP contribution in [0.3, 0.4) is 0 Å². The van der Waals surface area contributed by atoms with Crippen LogP contribution in [0, 0.1) is 0 Å². The number of carbonyl (C=O) groups excluding carboxylic acids is 1. The number of rotatable bonds is 7. The molecular weight excluding hydrogens is 476 g/mol. The highest BCUT2D eigenvalue weighted by atomic mass is 16.5. The van der Waals surface area contributed by atoms with Crippen LogP contribution in [0.25, 0.3) is 11.0 Å². The highest BCUT2D eigenvalue weighted by Gasteiger charge is 2.19. The lowest BCUT2D eigenvalue weighted by Gasteiger charge is -2.19. The number of hydrogen-bond donors (Lipinski definition) is 0. The highest BCUT2D eigenvalue weighted by Crippen LogP contribution is 2.38. The number of benzene rings is 3. The van der Waals surface area contributed by atoms with Crippen LogP contribution >= 0.6 is 0 Å². The number of fused-ring (bicyclic) bond motifs is 1. The van der Waals surface area contributed by atoms with Crippen LogP contribution in [-0.2, 0) is 5.41 Å². The van der Waals surface area contributed by atoms with E-state index in [-0.39, 0.29) is 38.9 Å². The molecule has 0 amide bonds. The zero-order valence-corrected chi connectivity index (χ0v) is 21.5. The van der Waals surface area contributed by atoms with Gasteiger partial charge < -0.3 is 28.1 Å². The number of esters is 1. The van der Waals surface area contributed by atoms with Crippen LogP contribution in [-0.4, -0.2) is 27.3 Å². The lowest BCUT2D eigenvalue weighted by molar-refractivity contribution is 0.0734. The summed E-state index contributed by atoms with van der Waals surface area (Å²) < 4.78 is 32.8. The van der Waals surface area contributed by atoms with Crippen molar-refractivity contribution in [3.8, 4) is 34.5 Å². The number of hydrogen-bond acceptors (Lipinski definition) is 8. The second-order valence-corrected chi connectivity index (χ2v) is 9.27. The largest absolute Gasteiger partial charge is 0.493 e. The summed E-state index contributed by atoms with van der Waals surface area (Å²) in [7, 11) is 4.38. The lowest BCUT2D eigenvalue weighted by Crippen LogP contribution is -2.11. The molecule has 192 valence electrons. The molecule has 8 heteroatoms. The molecule has 0 spiro atoms. The summed E-state index contributed by atoms with van der Waals surface area (Å²) >= 11 is 0. The monoisotopic (exact) mass is 504 g/mol. The van der Waals surface area contributed by atoms with E-state index in [0.29, 0.717) is 23.0 Å². The fraction of sp³-hybridized carbons (Fsp3) is 0.241. The summed E-state index contributed by atoms with van der Waals surface area (Å²) in [5.41, 5.74) is 1.25. The zero-order valence-electron chi connectivity index (χ0n) is 21.5. The van der Waals surface area contributed by atoms with Crippen LogP contribution in [0.1, 0.15) is 36.7 Å². The van der Waals surface area contributed by atoms with Gasteiger partial charge in [0, 0.05) is 6.07 Å². The van der Waals surface area contributed by atoms with E-state index < -0.39 is 5.97 Å². The molecule has 0 bridgehead atoms. The van der Waals surface area contributed by atoms with E-state index in [4.69, 9.17) is 28.1 Å². The summed E-state index contributed by atoms with van der Waals surface area (Å²) in [5, 5.41) is 0.288. The Bertz CT molecular complexity index is 1470. The van der Waals surface area contributed by atoms with Crippen molar-refractivity contribution < 1.29 is 32.9 Å². The Morgan fingerprint density at radius 1 is 0.784 bits per heavy atom. The van der Waals surface area contributed by atoms with Crippen LogP contribution in [0.5, 0.6) is 34.5 Å². The van der Waals surface area contributed by atoms with Crippen LogP contribution < -0.4 is 29.1 Å². The van der Waals surface area contributed by atoms with Crippen LogP contribution in [0.2, 0.25) is 0 Å². The van der Waals surface area contributed by atoms with Gasteiger partial charge in [-0.1, -0.05) is 32.9 Å². The van der Waals surface area contributed by atoms with Crippen LogP contribution in [0.4, 0.5) is 0 Å². The minimum atomic E-state index is -0.653. The van der Waals surface area contributed by atoms with Gasteiger partial charge in [0.15, 0.2) is 11.5 Å². The molecule has 0 radical (unpaired) electrons. The molecule has 0 aliphatic rings. The van der Waals surface area contributed by atoms with E-state index in [9.17, 15) is 9.59 Å². The van der Waals surface area contributed by atoms with Gasteiger partial charge in [0.05, 0.1) is 32.3 Å². The van der Waals surface area contributed by atoms with E-state index in [2.05, 4.69) is 20.8 Å². The Labute approximate surface area is 214 Å². The number of ether oxygens (including phenoxy) is 5. The Balaban J connectivity index is 1.56. The lowest BCUT2D eigenvalue weighted by atomic mass is 9.87. The van der Waals surface area contributed by atoms with Crippen molar-refractivity contribution in [2.24, 2.45) is 0 Å². The van der Waals surface area contributed by atoms with Crippen molar-refractivity contribution >= 4 is 16.9 Å². The maximum atomic E-state index is 13.0. The van der Waals surface area contributed by atoms with Crippen molar-refractivity contribution in [3.63, 3.8) is 0 Å². The molecule has 0 N–H and O–H groups in total. The smallest absolute Gasteiger partial charge is 0.343 e. The zero-order chi connectivity index (χ0) is 26.7. The minimum Gasteiger partial charge on any atom is -0.493 e. The average Bonchev–Trinajstić information content (AvgIpc) is 2.89. The molecule has 8 nitrogen and oxygen atoms in total. The molecule has 0 aliphatic heterocycles. The SMILES string of the molecule is COc1cc(C(=O)Oc2ccc3c(=O)c(Oc4ccc(C(C)(C)C)cc4)coc3c2)cc(OC)c1OC. The van der Waals surface area contributed by atoms with Crippen molar-refractivity contribution in [3.05, 3.63) is 82.2 Å². The van der Waals surface area contributed by atoms with E-state index in [1.807, 2.05) is 24.3 Å². The fourth-order valence-corrected chi connectivity index (χ4v) is 3.74. The Hall–Kier alpha value is -4.46. The third kappa shape index (κ3) is 5.38. The van der Waals surface area contributed by atoms with Crippen LogP contribution in [0.15, 0.2) is 70.1 Å². The molecule has 37 heavy (non-hydrogen) atoms. The fourth-order valence-electron chi connectivity index (χ4n) is 3.74. The minimum absolute atomic E-state index is 0.00712. The number of carbonyl (C=O) groups is 1. The van der Waals surface area contributed by atoms with Gasteiger partial charge >= 0.3 is 5.97 Å². The molecule has 4 aromatic rings. The van der Waals surface area contributed by atoms with Gasteiger partial charge in [0.25, 0.3) is 0 Å². The molecule has 0 unspecified atom stereocenters. The standard InChI is InChI=1S/C29H28O8/c1-29(2,3)18-7-9-19(10-8-18)36-25-16-35-22-15-20(11-12-21(22)26(25)30)37-28(31)17-13-23(32-4)27(34-6)24(14-17)33-5/h7-16H,1-6H3. The first-order chi connectivity index (χ1) is 17.6. The third-order valence-electron chi connectivity index (χ3n) is 5.77. The van der Waals surface area contributed by atoms with Crippen molar-refractivity contribution in [1.29, 1.82) is 0 Å². The van der Waals surface area contributed by atoms with Crippen molar-refractivity contribution in [2.75, 3.05) is 21.3 Å². The Morgan fingerprint density at radius 2 is 1.41 bits per heavy atom. The summed E-state index contributed by atoms with van der Waals surface area (Å²) in [5.74, 6) is 1.11. The van der Waals surface area contributed by atoms with Crippen molar-refractivity contribution in [2.45, 2.75) is 26.2 Å². The topological polar surface area (TPSA) is 93.4 Å². The second-order valence-electron chi connectivity index (χ2n) is 9.27. The van der Waals surface area contributed by atoms with Gasteiger partial charge in [-0.25, -0.2) is 4.79 Å². The number of methoxy groups -OCH3 is 3. The van der Waals surface area contributed by atoms with Gasteiger partial charge in [0.2, 0.25) is 16.9 Å². The molecule has 0 atom stereocenters.